The number of likely N-dealkylation sites (tertiary alicyclic amines) is 1. The lowest BCUT2D eigenvalue weighted by atomic mass is 10.1. The number of hydrogen-bond donors (Lipinski definition) is 3. The van der Waals surface area contributed by atoms with Crippen molar-refractivity contribution in [1.82, 2.24) is 14.5 Å². The molecule has 0 spiro atoms. The predicted molar refractivity (Wildman–Crippen MR) is 134 cm³/mol. The zero-order valence-corrected chi connectivity index (χ0v) is 22.3. The molecule has 0 saturated carbocycles. The Kier molecular flexibility index (Phi) is 8.82. The van der Waals surface area contributed by atoms with Crippen LogP contribution in [0.2, 0.25) is 0 Å². The fraction of sp³-hybridized carbons (Fsp3) is 0.542. The molecule has 1 saturated heterocycles. The molecule has 0 aliphatic carbocycles. The molecular weight excluding hydrogens is 504 g/mol. The average Bonchev–Trinajstić information content (AvgIpc) is 3.13. The third kappa shape index (κ3) is 6.99. The lowest BCUT2D eigenvalue weighted by molar-refractivity contribution is -0.136. The van der Waals surface area contributed by atoms with E-state index in [1.165, 1.54) is 24.1 Å². The highest BCUT2D eigenvalue weighted by Gasteiger charge is 2.36. The molecule has 2 aliphatic rings. The third-order valence-electron chi connectivity index (χ3n) is 5.86. The van der Waals surface area contributed by atoms with Crippen molar-refractivity contribution >= 4 is 33.7 Å². The Morgan fingerprint density at radius 1 is 1.16 bits per heavy atom. The van der Waals surface area contributed by atoms with Crippen molar-refractivity contribution in [2.45, 2.75) is 50.2 Å². The summed E-state index contributed by atoms with van der Waals surface area (Å²) in [6, 6.07) is 5.63. The van der Waals surface area contributed by atoms with Crippen LogP contribution >= 0.6 is 0 Å². The minimum absolute atomic E-state index is 0.00794. The van der Waals surface area contributed by atoms with E-state index < -0.39 is 39.6 Å². The number of para-hydroxylation sites is 1. The normalized spacial score (nSPS) is 17.3. The number of β-amino-alcohol motifs (C(OH)–C–C–N with tert-alkyl or cyclic N) is 1. The number of esters is 1. The number of nitrogens with one attached hydrogen (secondary N) is 2. The molecule has 2 aliphatic heterocycles. The summed E-state index contributed by atoms with van der Waals surface area (Å²) in [5, 5.41) is 12.1. The summed E-state index contributed by atoms with van der Waals surface area (Å²) in [6.07, 6.45) is 0.371. The van der Waals surface area contributed by atoms with Gasteiger partial charge in [-0.2, -0.15) is 0 Å². The van der Waals surface area contributed by atoms with E-state index in [1.54, 1.807) is 37.8 Å². The first kappa shape index (κ1) is 28.4. The van der Waals surface area contributed by atoms with Gasteiger partial charge in [0.2, 0.25) is 10.0 Å². The maximum atomic E-state index is 13.3. The molecule has 12 nitrogen and oxygen atoms in total. The molecule has 1 aromatic rings. The van der Waals surface area contributed by atoms with Crippen molar-refractivity contribution in [2.24, 2.45) is 0 Å². The summed E-state index contributed by atoms with van der Waals surface area (Å²) in [4.78, 5) is 40.2. The van der Waals surface area contributed by atoms with Crippen molar-refractivity contribution in [3.63, 3.8) is 0 Å². The minimum atomic E-state index is -4.03. The Morgan fingerprint density at radius 2 is 1.81 bits per heavy atom. The average molecular weight is 539 g/mol. The molecule has 2 amide bonds. The highest BCUT2D eigenvalue weighted by molar-refractivity contribution is 7.89. The lowest BCUT2D eigenvalue weighted by Gasteiger charge is -2.33. The Balaban J connectivity index is 1.76. The van der Waals surface area contributed by atoms with Gasteiger partial charge in [0.15, 0.2) is 0 Å². The number of anilines is 1. The number of sulfonamides is 1. The van der Waals surface area contributed by atoms with Crippen LogP contribution in [-0.2, 0) is 29.1 Å². The Morgan fingerprint density at radius 3 is 2.41 bits per heavy atom. The van der Waals surface area contributed by atoms with Crippen molar-refractivity contribution in [3.05, 3.63) is 35.5 Å². The summed E-state index contributed by atoms with van der Waals surface area (Å²) in [5.41, 5.74) is -0.577. The molecule has 3 N–H and O–H groups in total. The van der Waals surface area contributed by atoms with Crippen LogP contribution in [0.4, 0.5) is 10.5 Å². The van der Waals surface area contributed by atoms with Gasteiger partial charge in [0.1, 0.15) is 16.2 Å². The monoisotopic (exact) mass is 538 g/mol. The van der Waals surface area contributed by atoms with E-state index in [0.717, 1.165) is 0 Å². The second-order valence-corrected chi connectivity index (χ2v) is 11.5. The quantitative estimate of drug-likeness (QED) is 0.412. The maximum absolute atomic E-state index is 13.3. The molecule has 0 aromatic heterocycles. The maximum Gasteiger partial charge on any atom is 0.410 e. The molecule has 0 radical (unpaired) electrons. The van der Waals surface area contributed by atoms with Gasteiger partial charge < -0.3 is 29.7 Å². The molecule has 0 bridgehead atoms. The van der Waals surface area contributed by atoms with Gasteiger partial charge in [-0.3, -0.25) is 4.79 Å². The van der Waals surface area contributed by atoms with Crippen molar-refractivity contribution in [1.29, 1.82) is 0 Å². The number of rotatable bonds is 8. The number of ether oxygens (including phenoxy) is 2. The van der Waals surface area contributed by atoms with Gasteiger partial charge >= 0.3 is 12.1 Å². The highest BCUT2D eigenvalue weighted by Crippen LogP contribution is 2.28. The van der Waals surface area contributed by atoms with Crippen LogP contribution in [0.15, 0.2) is 40.4 Å². The summed E-state index contributed by atoms with van der Waals surface area (Å²) >= 11 is 0. The van der Waals surface area contributed by atoms with Gasteiger partial charge in [-0.05, 0) is 45.7 Å². The smallest absolute Gasteiger partial charge is 0.410 e. The Labute approximate surface area is 216 Å². The molecule has 1 aromatic carbocycles. The van der Waals surface area contributed by atoms with Gasteiger partial charge in [-0.1, -0.05) is 12.1 Å². The molecule has 0 unspecified atom stereocenters. The molecular formula is C24H34N4O8S. The van der Waals surface area contributed by atoms with Crippen LogP contribution in [0.25, 0.3) is 0 Å². The molecule has 3 rings (SSSR count). The first-order valence-electron chi connectivity index (χ1n) is 11.9. The number of hydrogen-bond acceptors (Lipinski definition) is 9. The van der Waals surface area contributed by atoms with E-state index in [2.05, 4.69) is 10.0 Å². The van der Waals surface area contributed by atoms with Crippen LogP contribution in [0.5, 0.6) is 0 Å². The second kappa shape index (κ2) is 11.5. The number of aliphatic hydroxyl groups excluding tert-OH is 1. The van der Waals surface area contributed by atoms with E-state index in [-0.39, 0.29) is 41.5 Å². The van der Waals surface area contributed by atoms with Crippen molar-refractivity contribution < 1.29 is 37.4 Å². The van der Waals surface area contributed by atoms with E-state index in [4.69, 9.17) is 9.47 Å². The van der Waals surface area contributed by atoms with Crippen LogP contribution in [0.3, 0.4) is 0 Å². The molecule has 0 atom stereocenters. The summed E-state index contributed by atoms with van der Waals surface area (Å²) < 4.78 is 39.5. The minimum Gasteiger partial charge on any atom is -0.466 e. The van der Waals surface area contributed by atoms with Gasteiger partial charge in [-0.15, -0.1) is 0 Å². The molecule has 204 valence electrons. The first-order chi connectivity index (χ1) is 17.4. The van der Waals surface area contributed by atoms with Crippen molar-refractivity contribution in [2.75, 3.05) is 45.2 Å². The van der Waals surface area contributed by atoms with Gasteiger partial charge in [-0.25, -0.2) is 22.7 Å². The van der Waals surface area contributed by atoms with Crippen LogP contribution in [0.1, 0.15) is 33.6 Å². The van der Waals surface area contributed by atoms with Crippen molar-refractivity contribution in [3.8, 4) is 0 Å². The Bertz CT molecular complexity index is 1170. The zero-order valence-electron chi connectivity index (χ0n) is 21.4. The molecule has 2 heterocycles. The second-order valence-electron chi connectivity index (χ2n) is 9.78. The predicted octanol–water partition coefficient (Wildman–Crippen LogP) is 1.04. The molecule has 13 heteroatoms. The largest absolute Gasteiger partial charge is 0.466 e. The number of amides is 2. The number of methoxy groups -OCH3 is 1. The lowest BCUT2D eigenvalue weighted by Crippen LogP contribution is -2.47. The topological polar surface area (TPSA) is 155 Å². The molecule has 1 fully saturated rings. The third-order valence-corrected chi connectivity index (χ3v) is 7.44. The number of piperidine rings is 1. The number of carbonyl (C=O) groups is 3. The first-order valence-corrected chi connectivity index (χ1v) is 13.4. The van der Waals surface area contributed by atoms with E-state index in [1.807, 2.05) is 0 Å². The van der Waals surface area contributed by atoms with Gasteiger partial charge in [0.05, 0.1) is 31.5 Å². The van der Waals surface area contributed by atoms with Gasteiger partial charge in [0.25, 0.3) is 5.91 Å². The van der Waals surface area contributed by atoms with E-state index in [0.29, 0.717) is 25.9 Å². The zero-order chi connectivity index (χ0) is 27.4. The van der Waals surface area contributed by atoms with E-state index >= 15 is 0 Å². The number of benzene rings is 1. The van der Waals surface area contributed by atoms with Gasteiger partial charge in [0, 0.05) is 25.7 Å². The van der Waals surface area contributed by atoms with Crippen LogP contribution in [-0.4, -0.2) is 92.8 Å². The van der Waals surface area contributed by atoms with E-state index in [9.17, 15) is 27.9 Å². The number of nitrogens with zero attached hydrogens (tertiary/aromatic N) is 2. The standard InChI is InChI=1S/C24H34N4O8S/c1-24(2,3)36-23(32)27-11-9-16(10-12-27)26-37(33,34)19-8-6-5-7-18(19)25-20-17(22(31)35-4)15-28(13-14-29)21(20)30/h5-8,16,25-26,29H,9-15H2,1-4H3. The number of carbonyl (C=O) groups excluding carboxylic acids is 3. The summed E-state index contributed by atoms with van der Waals surface area (Å²) in [6.45, 7) is 5.67. The fourth-order valence-electron chi connectivity index (χ4n) is 4.08. The van der Waals surface area contributed by atoms with Crippen LogP contribution < -0.4 is 10.0 Å². The summed E-state index contributed by atoms with van der Waals surface area (Å²) in [5.74, 6) is -1.28. The van der Waals surface area contributed by atoms with Crippen LogP contribution in [0, 0.1) is 0 Å². The highest BCUT2D eigenvalue weighted by atomic mass is 32.2. The molecule has 37 heavy (non-hydrogen) atoms. The Hall–Kier alpha value is -3.16. The SMILES string of the molecule is COC(=O)C1=C(Nc2ccccc2S(=O)(=O)NC2CCN(C(=O)OC(C)(C)C)CC2)C(=O)N(CCO)C1. The fourth-order valence-corrected chi connectivity index (χ4v) is 5.54. The summed E-state index contributed by atoms with van der Waals surface area (Å²) in [7, 11) is -2.85. The number of aliphatic hydroxyl groups is 1.